The molecule has 1 atom stereocenters. The first kappa shape index (κ1) is 25.3. The van der Waals surface area contributed by atoms with Crippen molar-refractivity contribution in [3.63, 3.8) is 0 Å². The first-order valence-corrected chi connectivity index (χ1v) is 17.1. The summed E-state index contributed by atoms with van der Waals surface area (Å²) in [6.45, 7) is 0. The predicted molar refractivity (Wildman–Crippen MR) is 179 cm³/mol. The van der Waals surface area contributed by atoms with E-state index < -0.39 is 7.14 Å². The van der Waals surface area contributed by atoms with Crippen LogP contribution in [-0.2, 0) is 4.57 Å². The SMILES string of the molecule is O=P1(c2ccccc2)c2ccccc2Oc2cc(-c3c(N(c4ccccc4)c4ccccc4)sc4ccsc34)ccc21. The molecule has 2 aromatic heterocycles. The molecular weight excluding hydrogens is 574 g/mol. The van der Waals surface area contributed by atoms with Crippen molar-refractivity contribution in [3.8, 4) is 22.6 Å². The Morgan fingerprint density at radius 2 is 1.24 bits per heavy atom. The summed E-state index contributed by atoms with van der Waals surface area (Å²) in [5.41, 5.74) is 4.37. The Bertz CT molecular complexity index is 2060. The van der Waals surface area contributed by atoms with E-state index in [4.69, 9.17) is 4.74 Å². The molecular formula is C36H24NO2PS2. The maximum absolute atomic E-state index is 15.1. The first-order chi connectivity index (χ1) is 20.7. The second-order valence-electron chi connectivity index (χ2n) is 10.1. The van der Waals surface area contributed by atoms with Gasteiger partial charge >= 0.3 is 0 Å². The normalized spacial score (nSPS) is 15.5. The van der Waals surface area contributed by atoms with Gasteiger partial charge in [0.1, 0.15) is 16.5 Å². The van der Waals surface area contributed by atoms with E-state index in [1.54, 1.807) is 22.7 Å². The second kappa shape index (κ2) is 10.1. The molecule has 0 saturated heterocycles. The van der Waals surface area contributed by atoms with Crippen molar-refractivity contribution in [2.45, 2.75) is 0 Å². The Balaban J connectivity index is 1.36. The fraction of sp³-hybridized carbons (Fsp3) is 0. The van der Waals surface area contributed by atoms with Crippen LogP contribution in [0.25, 0.3) is 20.5 Å². The predicted octanol–water partition coefficient (Wildman–Crippen LogP) is 9.84. The highest BCUT2D eigenvalue weighted by atomic mass is 32.1. The Labute approximate surface area is 252 Å². The molecule has 0 bridgehead atoms. The number of benzene rings is 5. The van der Waals surface area contributed by atoms with Gasteiger partial charge in [0.2, 0.25) is 0 Å². The largest absolute Gasteiger partial charge is 0.456 e. The third kappa shape index (κ3) is 3.97. The molecule has 42 heavy (non-hydrogen) atoms. The van der Waals surface area contributed by atoms with Gasteiger partial charge in [-0.2, -0.15) is 0 Å². The van der Waals surface area contributed by atoms with E-state index >= 15 is 4.57 Å². The molecule has 3 heterocycles. The number of nitrogens with zero attached hydrogens (tertiary/aromatic N) is 1. The van der Waals surface area contributed by atoms with Crippen LogP contribution in [-0.4, -0.2) is 0 Å². The van der Waals surface area contributed by atoms with Crippen LogP contribution in [0.15, 0.2) is 145 Å². The van der Waals surface area contributed by atoms with Crippen LogP contribution >= 0.6 is 29.8 Å². The molecule has 0 amide bonds. The van der Waals surface area contributed by atoms with Crippen LogP contribution in [0, 0.1) is 0 Å². The molecule has 8 rings (SSSR count). The summed E-state index contributed by atoms with van der Waals surface area (Å²) in [7, 11) is -3.14. The van der Waals surface area contributed by atoms with Crippen molar-refractivity contribution in [1.29, 1.82) is 0 Å². The zero-order valence-electron chi connectivity index (χ0n) is 22.4. The van der Waals surface area contributed by atoms with Crippen LogP contribution in [0.5, 0.6) is 11.5 Å². The summed E-state index contributed by atoms with van der Waals surface area (Å²) >= 11 is 3.53. The molecule has 3 nitrogen and oxygen atoms in total. The van der Waals surface area contributed by atoms with Gasteiger partial charge < -0.3 is 14.2 Å². The van der Waals surface area contributed by atoms with Crippen LogP contribution in [0.4, 0.5) is 16.4 Å². The number of para-hydroxylation sites is 3. The third-order valence-electron chi connectivity index (χ3n) is 7.64. The summed E-state index contributed by atoms with van der Waals surface area (Å²) in [6, 6.07) is 46.9. The van der Waals surface area contributed by atoms with Gasteiger partial charge in [0.15, 0.2) is 7.14 Å². The molecule has 0 saturated carbocycles. The smallest absolute Gasteiger partial charge is 0.178 e. The minimum atomic E-state index is -3.14. The van der Waals surface area contributed by atoms with Crippen LogP contribution in [0.1, 0.15) is 0 Å². The highest BCUT2D eigenvalue weighted by molar-refractivity contribution is 7.85. The van der Waals surface area contributed by atoms with Gasteiger partial charge in [-0.1, -0.05) is 84.9 Å². The van der Waals surface area contributed by atoms with E-state index in [2.05, 4.69) is 77.0 Å². The van der Waals surface area contributed by atoms with E-state index in [-0.39, 0.29) is 0 Å². The molecule has 0 fully saturated rings. The molecule has 1 aliphatic rings. The molecule has 202 valence electrons. The van der Waals surface area contributed by atoms with E-state index in [9.17, 15) is 0 Å². The molecule has 5 aromatic carbocycles. The van der Waals surface area contributed by atoms with Crippen molar-refractivity contribution in [2.24, 2.45) is 0 Å². The number of rotatable bonds is 5. The summed E-state index contributed by atoms with van der Waals surface area (Å²) < 4.78 is 24.1. The van der Waals surface area contributed by atoms with Gasteiger partial charge in [-0.25, -0.2) is 0 Å². The summed E-state index contributed by atoms with van der Waals surface area (Å²) in [4.78, 5) is 2.33. The molecule has 0 aliphatic carbocycles. The standard InChI is InChI=1S/C36H24NO2PS2/c38-40(28-16-8-3-9-17-28)31-19-11-10-18-29(31)39-30-24-25(20-21-32(30)40)34-35-33(22-23-41-35)42-36(34)37(26-12-4-1-5-13-26)27-14-6-2-7-15-27/h1-24H. The van der Waals surface area contributed by atoms with Crippen LogP contribution in [0.2, 0.25) is 0 Å². The lowest BCUT2D eigenvalue weighted by Crippen LogP contribution is -2.30. The topological polar surface area (TPSA) is 29.5 Å². The van der Waals surface area contributed by atoms with Gasteiger partial charge in [-0.15, -0.1) is 22.7 Å². The second-order valence-corrected chi connectivity index (χ2v) is 14.7. The van der Waals surface area contributed by atoms with Gasteiger partial charge in [-0.3, -0.25) is 0 Å². The number of fused-ring (bicyclic) bond motifs is 3. The van der Waals surface area contributed by atoms with Crippen molar-refractivity contribution >= 4 is 71.5 Å². The van der Waals surface area contributed by atoms with Crippen molar-refractivity contribution in [1.82, 2.24) is 0 Å². The lowest BCUT2D eigenvalue weighted by atomic mass is 10.1. The molecule has 1 aliphatic heterocycles. The summed E-state index contributed by atoms with van der Waals surface area (Å²) in [5, 5.41) is 5.58. The van der Waals surface area contributed by atoms with Gasteiger partial charge in [0.05, 0.1) is 15.3 Å². The fourth-order valence-corrected chi connectivity index (χ4v) is 11.0. The van der Waals surface area contributed by atoms with Crippen molar-refractivity contribution in [2.75, 3.05) is 4.90 Å². The maximum atomic E-state index is 15.1. The number of hydrogen-bond donors (Lipinski definition) is 0. The van der Waals surface area contributed by atoms with Crippen molar-refractivity contribution in [3.05, 3.63) is 145 Å². The average Bonchev–Trinajstić information content (AvgIpc) is 3.64. The highest BCUT2D eigenvalue weighted by Crippen LogP contribution is 2.55. The zero-order valence-corrected chi connectivity index (χ0v) is 24.9. The van der Waals surface area contributed by atoms with Crippen LogP contribution in [0.3, 0.4) is 0 Å². The fourth-order valence-electron chi connectivity index (χ4n) is 5.74. The lowest BCUT2D eigenvalue weighted by molar-refractivity contribution is 0.485. The third-order valence-corrected chi connectivity index (χ3v) is 13.0. The Morgan fingerprint density at radius 1 is 0.619 bits per heavy atom. The van der Waals surface area contributed by atoms with Gasteiger partial charge in [-0.05, 0) is 65.5 Å². The maximum Gasteiger partial charge on any atom is 0.178 e. The number of ether oxygens (including phenoxy) is 1. The number of hydrogen-bond acceptors (Lipinski definition) is 5. The Kier molecular flexibility index (Phi) is 6.11. The Morgan fingerprint density at radius 3 is 1.95 bits per heavy atom. The van der Waals surface area contributed by atoms with E-state index in [1.807, 2.05) is 72.8 Å². The van der Waals surface area contributed by atoms with E-state index in [0.717, 1.165) is 43.4 Å². The lowest BCUT2D eigenvalue weighted by Gasteiger charge is -2.29. The van der Waals surface area contributed by atoms with Crippen molar-refractivity contribution < 1.29 is 9.30 Å². The van der Waals surface area contributed by atoms with E-state index in [0.29, 0.717) is 11.5 Å². The quantitative estimate of drug-likeness (QED) is 0.185. The molecule has 7 aromatic rings. The summed E-state index contributed by atoms with van der Waals surface area (Å²) in [5.74, 6) is 1.29. The zero-order chi connectivity index (χ0) is 28.1. The molecule has 1 unspecified atom stereocenters. The molecule has 0 radical (unpaired) electrons. The molecule has 0 spiro atoms. The number of anilines is 3. The number of thiophene rings is 2. The minimum absolute atomic E-state index is 0.645. The van der Waals surface area contributed by atoms with Gasteiger partial charge in [0, 0.05) is 26.9 Å². The minimum Gasteiger partial charge on any atom is -0.456 e. The average molecular weight is 598 g/mol. The highest BCUT2D eigenvalue weighted by Gasteiger charge is 2.39. The monoisotopic (exact) mass is 597 g/mol. The van der Waals surface area contributed by atoms with Crippen LogP contribution < -0.4 is 25.6 Å². The van der Waals surface area contributed by atoms with E-state index in [1.165, 1.54) is 9.40 Å². The first-order valence-electron chi connectivity index (χ1n) is 13.7. The molecule has 0 N–H and O–H groups in total. The summed E-state index contributed by atoms with van der Waals surface area (Å²) in [6.07, 6.45) is 0. The van der Waals surface area contributed by atoms with Gasteiger partial charge in [0.25, 0.3) is 0 Å². The molecule has 6 heteroatoms. The Hall–Kier alpha value is -4.41.